The Bertz CT molecular complexity index is 284. The summed E-state index contributed by atoms with van der Waals surface area (Å²) in [5, 5.41) is 13.4. The van der Waals surface area contributed by atoms with Crippen LogP contribution in [0, 0.1) is 11.8 Å². The number of hydrogen-bond acceptors (Lipinski definition) is 4. The Hall–Kier alpha value is -0.160. The molecule has 0 aromatic rings. The Morgan fingerprint density at radius 1 is 1.33 bits per heavy atom. The van der Waals surface area contributed by atoms with E-state index in [1.807, 2.05) is 0 Å². The van der Waals surface area contributed by atoms with Gasteiger partial charge in [-0.1, -0.05) is 33.6 Å². The molecule has 126 valence electrons. The maximum Gasteiger partial charge on any atom is 0.0897 e. The third-order valence-corrected chi connectivity index (χ3v) is 4.61. The van der Waals surface area contributed by atoms with E-state index in [0.29, 0.717) is 19.1 Å². The normalized spacial score (nSPS) is 28.3. The molecule has 1 rings (SSSR count). The van der Waals surface area contributed by atoms with Crippen molar-refractivity contribution < 1.29 is 9.84 Å². The van der Waals surface area contributed by atoms with E-state index in [9.17, 15) is 5.11 Å². The fourth-order valence-electron chi connectivity index (χ4n) is 3.33. The molecule has 0 saturated heterocycles. The van der Waals surface area contributed by atoms with E-state index in [4.69, 9.17) is 4.74 Å². The highest BCUT2D eigenvalue weighted by Crippen LogP contribution is 2.35. The maximum atomic E-state index is 9.96. The fraction of sp³-hybridized carbons (Fsp3) is 1.00. The first-order valence-corrected chi connectivity index (χ1v) is 8.49. The molecule has 0 bridgehead atoms. The third kappa shape index (κ3) is 6.64. The standard InChI is InChI=1S/C17H36N2O2/c1-14(2)11-21-12-16(20)10-18-13-17(19(4)5)8-6-7-15(3)9-17/h14-16,18,20H,6-13H2,1-5H3. The summed E-state index contributed by atoms with van der Waals surface area (Å²) in [7, 11) is 4.36. The lowest BCUT2D eigenvalue weighted by molar-refractivity contribution is 0.0212. The molecule has 1 aliphatic carbocycles. The van der Waals surface area contributed by atoms with E-state index in [0.717, 1.165) is 19.1 Å². The minimum Gasteiger partial charge on any atom is -0.389 e. The molecule has 0 aliphatic heterocycles. The van der Waals surface area contributed by atoms with Crippen LogP contribution < -0.4 is 5.32 Å². The van der Waals surface area contributed by atoms with Crippen LogP contribution in [0.25, 0.3) is 0 Å². The number of hydrogen-bond donors (Lipinski definition) is 2. The SMILES string of the molecule is CC(C)COCC(O)CNCC1(N(C)C)CCCC(C)C1. The highest BCUT2D eigenvalue weighted by atomic mass is 16.5. The molecule has 0 aromatic carbocycles. The lowest BCUT2D eigenvalue weighted by Gasteiger charge is -2.45. The second-order valence-electron chi connectivity index (χ2n) is 7.54. The summed E-state index contributed by atoms with van der Waals surface area (Å²) in [6.07, 6.45) is 4.73. The number of rotatable bonds is 9. The number of likely N-dealkylation sites (N-methyl/N-ethyl adjacent to an activating group) is 1. The summed E-state index contributed by atoms with van der Waals surface area (Å²) in [6.45, 7) is 9.30. The second-order valence-corrected chi connectivity index (χ2v) is 7.54. The van der Waals surface area contributed by atoms with Gasteiger partial charge < -0.3 is 20.1 Å². The van der Waals surface area contributed by atoms with Crippen molar-refractivity contribution in [1.29, 1.82) is 0 Å². The predicted molar refractivity (Wildman–Crippen MR) is 88.6 cm³/mol. The van der Waals surface area contributed by atoms with Crippen molar-refractivity contribution in [3.05, 3.63) is 0 Å². The molecule has 3 atom stereocenters. The van der Waals surface area contributed by atoms with Crippen LogP contribution >= 0.6 is 0 Å². The molecule has 0 spiro atoms. The molecule has 21 heavy (non-hydrogen) atoms. The van der Waals surface area contributed by atoms with Crippen molar-refractivity contribution >= 4 is 0 Å². The number of nitrogens with zero attached hydrogens (tertiary/aromatic N) is 1. The van der Waals surface area contributed by atoms with Gasteiger partial charge in [-0.25, -0.2) is 0 Å². The van der Waals surface area contributed by atoms with Gasteiger partial charge in [0.2, 0.25) is 0 Å². The van der Waals surface area contributed by atoms with Gasteiger partial charge in [0.1, 0.15) is 0 Å². The van der Waals surface area contributed by atoms with Crippen molar-refractivity contribution in [2.75, 3.05) is 40.4 Å². The van der Waals surface area contributed by atoms with Crippen LogP contribution in [-0.4, -0.2) is 62.0 Å². The van der Waals surface area contributed by atoms with Crippen LogP contribution in [0.3, 0.4) is 0 Å². The molecular formula is C17H36N2O2. The number of ether oxygens (including phenoxy) is 1. The van der Waals surface area contributed by atoms with Gasteiger partial charge in [0, 0.05) is 25.2 Å². The van der Waals surface area contributed by atoms with Crippen LogP contribution in [0.2, 0.25) is 0 Å². The van der Waals surface area contributed by atoms with Crippen LogP contribution in [0.1, 0.15) is 46.5 Å². The second kappa shape index (κ2) is 9.09. The van der Waals surface area contributed by atoms with E-state index < -0.39 is 6.10 Å². The molecule has 1 saturated carbocycles. The minimum absolute atomic E-state index is 0.246. The van der Waals surface area contributed by atoms with Crippen molar-refractivity contribution in [1.82, 2.24) is 10.2 Å². The zero-order chi connectivity index (χ0) is 15.9. The van der Waals surface area contributed by atoms with Gasteiger partial charge in [-0.2, -0.15) is 0 Å². The maximum absolute atomic E-state index is 9.96. The Morgan fingerprint density at radius 3 is 2.62 bits per heavy atom. The smallest absolute Gasteiger partial charge is 0.0897 e. The molecule has 4 heteroatoms. The van der Waals surface area contributed by atoms with Crippen molar-refractivity contribution in [2.45, 2.75) is 58.1 Å². The van der Waals surface area contributed by atoms with Gasteiger partial charge in [0.25, 0.3) is 0 Å². The predicted octanol–water partition coefficient (Wildman–Crippen LogP) is 2.12. The van der Waals surface area contributed by atoms with E-state index in [2.05, 4.69) is 45.1 Å². The minimum atomic E-state index is -0.413. The summed E-state index contributed by atoms with van der Waals surface area (Å²) >= 11 is 0. The van der Waals surface area contributed by atoms with Crippen molar-refractivity contribution in [3.8, 4) is 0 Å². The highest BCUT2D eigenvalue weighted by molar-refractivity contribution is 4.94. The fourth-order valence-corrected chi connectivity index (χ4v) is 3.33. The molecule has 3 unspecified atom stereocenters. The summed E-state index contributed by atoms with van der Waals surface area (Å²) in [4.78, 5) is 2.37. The zero-order valence-corrected chi connectivity index (χ0v) is 14.7. The average molecular weight is 300 g/mol. The van der Waals surface area contributed by atoms with E-state index in [-0.39, 0.29) is 5.54 Å². The first-order valence-electron chi connectivity index (χ1n) is 8.49. The number of nitrogens with one attached hydrogen (secondary N) is 1. The monoisotopic (exact) mass is 300 g/mol. The summed E-state index contributed by atoms with van der Waals surface area (Å²) < 4.78 is 5.49. The molecule has 4 nitrogen and oxygen atoms in total. The van der Waals surface area contributed by atoms with E-state index in [1.54, 1.807) is 0 Å². The topological polar surface area (TPSA) is 44.7 Å². The molecule has 0 heterocycles. The zero-order valence-electron chi connectivity index (χ0n) is 14.7. The highest BCUT2D eigenvalue weighted by Gasteiger charge is 2.36. The van der Waals surface area contributed by atoms with Gasteiger partial charge in [0.15, 0.2) is 0 Å². The van der Waals surface area contributed by atoms with E-state index in [1.165, 1.54) is 25.7 Å². The Kier molecular flexibility index (Phi) is 8.17. The molecule has 1 aliphatic rings. The lowest BCUT2D eigenvalue weighted by atomic mass is 9.75. The van der Waals surface area contributed by atoms with E-state index >= 15 is 0 Å². The largest absolute Gasteiger partial charge is 0.389 e. The quantitative estimate of drug-likeness (QED) is 0.685. The first kappa shape index (κ1) is 18.9. The molecule has 0 aromatic heterocycles. The number of aliphatic hydroxyl groups excluding tert-OH is 1. The van der Waals surface area contributed by atoms with Crippen LogP contribution in [-0.2, 0) is 4.74 Å². The number of aliphatic hydroxyl groups is 1. The van der Waals surface area contributed by atoms with Gasteiger partial charge in [-0.05, 0) is 38.8 Å². The Morgan fingerprint density at radius 2 is 2.05 bits per heavy atom. The summed E-state index contributed by atoms with van der Waals surface area (Å²) in [5.74, 6) is 1.31. The first-order chi connectivity index (χ1) is 9.85. The van der Waals surface area contributed by atoms with Crippen molar-refractivity contribution in [3.63, 3.8) is 0 Å². The summed E-state index contributed by atoms with van der Waals surface area (Å²) in [6, 6.07) is 0. The van der Waals surface area contributed by atoms with Crippen LogP contribution in [0.4, 0.5) is 0 Å². The van der Waals surface area contributed by atoms with Gasteiger partial charge >= 0.3 is 0 Å². The van der Waals surface area contributed by atoms with Gasteiger partial charge in [0.05, 0.1) is 12.7 Å². The third-order valence-electron chi connectivity index (χ3n) is 4.61. The molecule has 0 radical (unpaired) electrons. The molecule has 2 N–H and O–H groups in total. The molecule has 1 fully saturated rings. The lowest BCUT2D eigenvalue weighted by Crippen LogP contribution is -2.55. The average Bonchev–Trinajstić information content (AvgIpc) is 2.38. The Labute approximate surface area is 131 Å². The Balaban J connectivity index is 2.30. The van der Waals surface area contributed by atoms with Crippen LogP contribution in [0.15, 0.2) is 0 Å². The van der Waals surface area contributed by atoms with Gasteiger partial charge in [-0.15, -0.1) is 0 Å². The van der Waals surface area contributed by atoms with Gasteiger partial charge in [-0.3, -0.25) is 0 Å². The molecule has 0 amide bonds. The molecular weight excluding hydrogens is 264 g/mol. The van der Waals surface area contributed by atoms with Crippen molar-refractivity contribution in [2.24, 2.45) is 11.8 Å². The van der Waals surface area contributed by atoms with Crippen LogP contribution in [0.5, 0.6) is 0 Å². The summed E-state index contributed by atoms with van der Waals surface area (Å²) in [5.41, 5.74) is 0.246.